The number of pyridine rings is 1. The summed E-state index contributed by atoms with van der Waals surface area (Å²) in [6, 6.07) is 4.83. The average Bonchev–Trinajstić information content (AvgIpc) is 2.38. The van der Waals surface area contributed by atoms with Crippen molar-refractivity contribution in [2.24, 2.45) is 0 Å². The molecule has 0 saturated carbocycles. The van der Waals surface area contributed by atoms with E-state index in [-0.39, 0.29) is 17.0 Å². The molecular formula is C14H9F4NO. The second-order valence-corrected chi connectivity index (χ2v) is 4.18. The van der Waals surface area contributed by atoms with E-state index in [2.05, 4.69) is 4.98 Å². The zero-order valence-electron chi connectivity index (χ0n) is 10.3. The molecule has 1 heterocycles. The molecule has 0 spiro atoms. The highest BCUT2D eigenvalue weighted by atomic mass is 19.4. The summed E-state index contributed by atoms with van der Waals surface area (Å²) in [5.74, 6) is -1.03. The van der Waals surface area contributed by atoms with Crippen LogP contribution in [0.3, 0.4) is 0 Å². The zero-order valence-corrected chi connectivity index (χ0v) is 10.3. The summed E-state index contributed by atoms with van der Waals surface area (Å²) < 4.78 is 51.4. The number of carbonyl (C=O) groups is 1. The molecule has 0 amide bonds. The van der Waals surface area contributed by atoms with Crippen molar-refractivity contribution in [1.29, 1.82) is 0 Å². The monoisotopic (exact) mass is 283 g/mol. The van der Waals surface area contributed by atoms with Crippen molar-refractivity contribution in [2.75, 3.05) is 0 Å². The molecule has 0 atom stereocenters. The standard InChI is InChI=1S/C14H9F4NO/c1-8(20)9-2-5-13(19-7-9)11-6-10(14(16,17)18)3-4-12(11)15/h2-7H,1H3. The second-order valence-electron chi connectivity index (χ2n) is 4.18. The molecule has 0 aliphatic carbocycles. The normalized spacial score (nSPS) is 11.4. The van der Waals surface area contributed by atoms with Gasteiger partial charge in [0.2, 0.25) is 0 Å². The second kappa shape index (κ2) is 5.03. The van der Waals surface area contributed by atoms with Gasteiger partial charge in [0, 0.05) is 17.3 Å². The number of aromatic nitrogens is 1. The fourth-order valence-corrected chi connectivity index (χ4v) is 1.66. The molecule has 2 nitrogen and oxygen atoms in total. The minimum absolute atomic E-state index is 0.0404. The number of halogens is 4. The minimum Gasteiger partial charge on any atom is -0.294 e. The summed E-state index contributed by atoms with van der Waals surface area (Å²) in [6.45, 7) is 1.33. The quantitative estimate of drug-likeness (QED) is 0.613. The third-order valence-corrected chi connectivity index (χ3v) is 2.74. The average molecular weight is 283 g/mol. The Morgan fingerprint density at radius 3 is 2.35 bits per heavy atom. The molecule has 20 heavy (non-hydrogen) atoms. The predicted octanol–water partition coefficient (Wildman–Crippen LogP) is 4.11. The Morgan fingerprint density at radius 1 is 1.15 bits per heavy atom. The van der Waals surface area contributed by atoms with E-state index < -0.39 is 17.6 Å². The van der Waals surface area contributed by atoms with Crippen LogP contribution in [0.15, 0.2) is 36.5 Å². The molecule has 0 radical (unpaired) electrons. The SMILES string of the molecule is CC(=O)c1ccc(-c2cc(C(F)(F)F)ccc2F)nc1. The number of ketones is 1. The molecule has 0 saturated heterocycles. The Hall–Kier alpha value is -2.24. The predicted molar refractivity (Wildman–Crippen MR) is 64.6 cm³/mol. The number of nitrogens with zero attached hydrogens (tertiary/aromatic N) is 1. The molecule has 104 valence electrons. The Morgan fingerprint density at radius 2 is 1.85 bits per heavy atom. The summed E-state index contributed by atoms with van der Waals surface area (Å²) in [7, 11) is 0. The van der Waals surface area contributed by atoms with E-state index >= 15 is 0 Å². The van der Waals surface area contributed by atoms with Gasteiger partial charge in [-0.15, -0.1) is 0 Å². The highest BCUT2D eigenvalue weighted by Crippen LogP contribution is 2.33. The summed E-state index contributed by atoms with van der Waals surface area (Å²) >= 11 is 0. The van der Waals surface area contributed by atoms with Gasteiger partial charge in [0.05, 0.1) is 11.3 Å². The molecule has 0 bridgehead atoms. The molecule has 0 aliphatic heterocycles. The third-order valence-electron chi connectivity index (χ3n) is 2.74. The van der Waals surface area contributed by atoms with Crippen molar-refractivity contribution >= 4 is 5.78 Å². The Bertz CT molecular complexity index is 647. The third kappa shape index (κ3) is 2.84. The molecule has 1 aromatic carbocycles. The summed E-state index contributed by atoms with van der Waals surface area (Å²) in [5, 5.41) is 0. The van der Waals surface area contributed by atoms with Crippen molar-refractivity contribution in [3.63, 3.8) is 0 Å². The van der Waals surface area contributed by atoms with Crippen molar-refractivity contribution in [3.05, 3.63) is 53.5 Å². The molecule has 0 aliphatic rings. The molecular weight excluding hydrogens is 274 g/mol. The first-order valence-electron chi connectivity index (χ1n) is 5.63. The number of rotatable bonds is 2. The lowest BCUT2D eigenvalue weighted by Gasteiger charge is -2.09. The number of hydrogen-bond acceptors (Lipinski definition) is 2. The van der Waals surface area contributed by atoms with Crippen LogP contribution in [-0.4, -0.2) is 10.8 Å². The van der Waals surface area contributed by atoms with Gasteiger partial charge in [-0.3, -0.25) is 9.78 Å². The maximum atomic E-state index is 13.6. The topological polar surface area (TPSA) is 30.0 Å². The van der Waals surface area contributed by atoms with E-state index in [4.69, 9.17) is 0 Å². The fourth-order valence-electron chi connectivity index (χ4n) is 1.66. The molecule has 6 heteroatoms. The summed E-state index contributed by atoms with van der Waals surface area (Å²) in [5.41, 5.74) is -0.860. The molecule has 1 aromatic heterocycles. The highest BCUT2D eigenvalue weighted by molar-refractivity contribution is 5.93. The van der Waals surface area contributed by atoms with Crippen LogP contribution in [0.2, 0.25) is 0 Å². The first-order chi connectivity index (χ1) is 9.29. The molecule has 0 fully saturated rings. The maximum absolute atomic E-state index is 13.6. The number of carbonyl (C=O) groups excluding carboxylic acids is 1. The van der Waals surface area contributed by atoms with Gasteiger partial charge in [-0.25, -0.2) is 4.39 Å². The van der Waals surface area contributed by atoms with Crippen LogP contribution in [0.25, 0.3) is 11.3 Å². The summed E-state index contributed by atoms with van der Waals surface area (Å²) in [6.07, 6.45) is -3.35. The van der Waals surface area contributed by atoms with Gasteiger partial charge in [-0.2, -0.15) is 13.2 Å². The number of hydrogen-bond donors (Lipinski definition) is 0. The largest absolute Gasteiger partial charge is 0.416 e. The van der Waals surface area contributed by atoms with Crippen LogP contribution >= 0.6 is 0 Å². The van der Waals surface area contributed by atoms with Gasteiger partial charge in [0.1, 0.15) is 5.82 Å². The molecule has 0 unspecified atom stereocenters. The fraction of sp³-hybridized carbons (Fsp3) is 0.143. The van der Waals surface area contributed by atoms with Gasteiger partial charge < -0.3 is 0 Å². The number of benzene rings is 1. The van der Waals surface area contributed by atoms with Gasteiger partial charge >= 0.3 is 6.18 Å². The highest BCUT2D eigenvalue weighted by Gasteiger charge is 2.31. The van der Waals surface area contributed by atoms with E-state index in [0.717, 1.165) is 6.07 Å². The Kier molecular flexibility index (Phi) is 3.57. The maximum Gasteiger partial charge on any atom is 0.416 e. The summed E-state index contributed by atoms with van der Waals surface area (Å²) in [4.78, 5) is 14.9. The van der Waals surface area contributed by atoms with Crippen LogP contribution in [0.4, 0.5) is 17.6 Å². The van der Waals surface area contributed by atoms with Gasteiger partial charge in [0.15, 0.2) is 5.78 Å². The van der Waals surface area contributed by atoms with E-state index in [1.807, 2.05) is 0 Å². The van der Waals surface area contributed by atoms with E-state index in [1.165, 1.54) is 25.3 Å². The first-order valence-corrected chi connectivity index (χ1v) is 5.63. The Labute approximate surface area is 112 Å². The van der Waals surface area contributed by atoms with Crippen molar-refractivity contribution in [2.45, 2.75) is 13.1 Å². The molecule has 0 N–H and O–H groups in total. The van der Waals surface area contributed by atoms with Gasteiger partial charge in [-0.05, 0) is 37.3 Å². The van der Waals surface area contributed by atoms with Crippen LogP contribution < -0.4 is 0 Å². The lowest BCUT2D eigenvalue weighted by molar-refractivity contribution is -0.137. The van der Waals surface area contributed by atoms with Crippen LogP contribution in [-0.2, 0) is 6.18 Å². The number of Topliss-reactive ketones (excluding diaryl/α,β-unsaturated/α-hetero) is 1. The van der Waals surface area contributed by atoms with Crippen molar-refractivity contribution in [1.82, 2.24) is 4.98 Å². The zero-order chi connectivity index (χ0) is 14.9. The van der Waals surface area contributed by atoms with Gasteiger partial charge in [0.25, 0.3) is 0 Å². The molecule has 2 aromatic rings. The van der Waals surface area contributed by atoms with E-state index in [9.17, 15) is 22.4 Å². The lowest BCUT2D eigenvalue weighted by atomic mass is 10.1. The van der Waals surface area contributed by atoms with E-state index in [1.54, 1.807) is 0 Å². The van der Waals surface area contributed by atoms with Crippen molar-refractivity contribution < 1.29 is 22.4 Å². The van der Waals surface area contributed by atoms with E-state index in [0.29, 0.717) is 17.7 Å². The molecule has 2 rings (SSSR count). The van der Waals surface area contributed by atoms with Gasteiger partial charge in [-0.1, -0.05) is 0 Å². The van der Waals surface area contributed by atoms with Crippen LogP contribution in [0, 0.1) is 5.82 Å². The van der Waals surface area contributed by atoms with Crippen LogP contribution in [0.5, 0.6) is 0 Å². The number of alkyl halides is 3. The van der Waals surface area contributed by atoms with Crippen molar-refractivity contribution in [3.8, 4) is 11.3 Å². The lowest BCUT2D eigenvalue weighted by Crippen LogP contribution is -2.05. The first kappa shape index (κ1) is 14.2. The smallest absolute Gasteiger partial charge is 0.294 e. The van der Waals surface area contributed by atoms with Crippen LogP contribution in [0.1, 0.15) is 22.8 Å². The minimum atomic E-state index is -4.55. The Balaban J connectivity index is 2.49.